The fraction of sp³-hybridized carbons (Fsp3) is 0.316. The first kappa shape index (κ1) is 20.2. The molecule has 6 nitrogen and oxygen atoms in total. The number of hydrogen-bond donors (Lipinski definition) is 2. The second-order valence-corrected chi connectivity index (χ2v) is 8.19. The van der Waals surface area contributed by atoms with E-state index in [0.29, 0.717) is 5.69 Å². The Bertz CT molecular complexity index is 990. The molecular weight excluding hydrogens is 388 g/mol. The van der Waals surface area contributed by atoms with E-state index in [0.717, 1.165) is 44.1 Å². The van der Waals surface area contributed by atoms with Gasteiger partial charge in [0, 0.05) is 19.6 Å². The smallest absolute Gasteiger partial charge is 0.258 e. The summed E-state index contributed by atoms with van der Waals surface area (Å²) in [6.07, 6.45) is 1.92. The van der Waals surface area contributed by atoms with Crippen LogP contribution in [0, 0.1) is 11.6 Å². The summed E-state index contributed by atoms with van der Waals surface area (Å²) in [7, 11) is -3.86. The molecule has 1 amide bonds. The summed E-state index contributed by atoms with van der Waals surface area (Å²) in [5, 5.41) is 2.41. The molecule has 150 valence electrons. The van der Waals surface area contributed by atoms with Gasteiger partial charge < -0.3 is 10.2 Å². The number of nitrogens with zero attached hydrogens (tertiary/aromatic N) is 1. The van der Waals surface area contributed by atoms with Crippen LogP contribution in [-0.2, 0) is 10.0 Å². The number of carbonyl (C=O) groups excluding carboxylic acids is 1. The zero-order valence-electron chi connectivity index (χ0n) is 15.3. The van der Waals surface area contributed by atoms with Gasteiger partial charge in [-0.3, -0.25) is 4.79 Å². The maximum absolute atomic E-state index is 14.4. The molecule has 2 N–H and O–H groups in total. The van der Waals surface area contributed by atoms with E-state index < -0.39 is 33.1 Å². The highest BCUT2D eigenvalue weighted by molar-refractivity contribution is 7.89. The van der Waals surface area contributed by atoms with Crippen molar-refractivity contribution in [1.82, 2.24) is 4.72 Å². The molecule has 0 atom stereocenters. The van der Waals surface area contributed by atoms with Crippen molar-refractivity contribution in [1.29, 1.82) is 0 Å². The topological polar surface area (TPSA) is 78.5 Å². The third kappa shape index (κ3) is 4.15. The van der Waals surface area contributed by atoms with Gasteiger partial charge in [0.1, 0.15) is 17.3 Å². The summed E-state index contributed by atoms with van der Waals surface area (Å²) in [5.74, 6) is -2.46. The van der Waals surface area contributed by atoms with Crippen LogP contribution < -0.4 is 14.9 Å². The molecule has 1 aliphatic heterocycles. The van der Waals surface area contributed by atoms with Gasteiger partial charge in [0.15, 0.2) is 0 Å². The number of rotatable bonds is 6. The van der Waals surface area contributed by atoms with Crippen molar-refractivity contribution in [2.45, 2.75) is 24.7 Å². The zero-order chi connectivity index (χ0) is 20.3. The van der Waals surface area contributed by atoms with Gasteiger partial charge in [-0.2, -0.15) is 0 Å². The van der Waals surface area contributed by atoms with E-state index in [-0.39, 0.29) is 17.1 Å². The van der Waals surface area contributed by atoms with Gasteiger partial charge in [-0.05, 0) is 43.2 Å². The van der Waals surface area contributed by atoms with Crippen molar-refractivity contribution in [3.05, 3.63) is 53.6 Å². The number of para-hydroxylation sites is 1. The molecule has 0 unspecified atom stereocenters. The van der Waals surface area contributed by atoms with Crippen LogP contribution in [0.2, 0.25) is 0 Å². The Morgan fingerprint density at radius 1 is 1.11 bits per heavy atom. The van der Waals surface area contributed by atoms with Gasteiger partial charge in [-0.1, -0.05) is 13.0 Å². The van der Waals surface area contributed by atoms with Crippen LogP contribution in [0.25, 0.3) is 0 Å². The maximum Gasteiger partial charge on any atom is 0.258 e. The van der Waals surface area contributed by atoms with Crippen LogP contribution >= 0.6 is 0 Å². The van der Waals surface area contributed by atoms with E-state index in [9.17, 15) is 22.0 Å². The Morgan fingerprint density at radius 3 is 2.50 bits per heavy atom. The molecule has 1 saturated heterocycles. The van der Waals surface area contributed by atoms with Gasteiger partial charge in [-0.15, -0.1) is 0 Å². The van der Waals surface area contributed by atoms with Gasteiger partial charge in [0.2, 0.25) is 10.0 Å². The predicted molar refractivity (Wildman–Crippen MR) is 103 cm³/mol. The highest BCUT2D eigenvalue weighted by atomic mass is 32.2. The lowest BCUT2D eigenvalue weighted by atomic mass is 10.1. The molecule has 0 aromatic heterocycles. The molecule has 0 radical (unpaired) electrons. The Morgan fingerprint density at radius 2 is 1.82 bits per heavy atom. The number of hydrogen-bond acceptors (Lipinski definition) is 4. The normalized spacial score (nSPS) is 14.3. The average Bonchev–Trinajstić information content (AvgIpc) is 3.18. The van der Waals surface area contributed by atoms with E-state index >= 15 is 0 Å². The Hall–Kier alpha value is -2.52. The molecule has 0 bridgehead atoms. The van der Waals surface area contributed by atoms with E-state index in [1.165, 1.54) is 6.07 Å². The molecule has 0 aliphatic carbocycles. The number of sulfonamides is 1. The summed E-state index contributed by atoms with van der Waals surface area (Å²) < 4.78 is 55.2. The summed E-state index contributed by atoms with van der Waals surface area (Å²) >= 11 is 0. The minimum absolute atomic E-state index is 0.0475. The molecule has 9 heteroatoms. The third-order valence-electron chi connectivity index (χ3n) is 4.50. The summed E-state index contributed by atoms with van der Waals surface area (Å²) in [5.41, 5.74) is -0.00831. The van der Waals surface area contributed by atoms with Crippen molar-refractivity contribution >= 4 is 27.3 Å². The molecule has 1 fully saturated rings. The summed E-state index contributed by atoms with van der Waals surface area (Å²) in [6.45, 7) is 3.22. The number of amides is 1. The second-order valence-electron chi connectivity index (χ2n) is 6.43. The molecule has 1 aliphatic rings. The van der Waals surface area contributed by atoms with Crippen molar-refractivity contribution in [3.8, 4) is 0 Å². The molecule has 3 rings (SSSR count). The van der Waals surface area contributed by atoms with Crippen LogP contribution in [0.4, 0.5) is 20.2 Å². The van der Waals surface area contributed by atoms with Gasteiger partial charge in [0.05, 0.1) is 16.1 Å². The Labute approximate surface area is 162 Å². The second kappa shape index (κ2) is 8.24. The highest BCUT2D eigenvalue weighted by Crippen LogP contribution is 2.32. The molecular formula is C19H21F2N3O3S. The minimum Gasteiger partial charge on any atom is -0.370 e. The Kier molecular flexibility index (Phi) is 5.95. The maximum atomic E-state index is 14.4. The number of carbonyl (C=O) groups is 1. The molecule has 0 saturated carbocycles. The van der Waals surface area contributed by atoms with Gasteiger partial charge in [-0.25, -0.2) is 21.9 Å². The lowest BCUT2D eigenvalue weighted by Crippen LogP contribution is -2.24. The first-order valence-electron chi connectivity index (χ1n) is 8.97. The number of benzene rings is 2. The van der Waals surface area contributed by atoms with Crippen LogP contribution in [0.1, 0.15) is 30.1 Å². The summed E-state index contributed by atoms with van der Waals surface area (Å²) in [6, 6.07) is 7.36. The largest absolute Gasteiger partial charge is 0.370 e. The standard InChI is InChI=1S/C19H21F2N3O3S/c1-2-22-28(26,27)13-8-9-15(20)14(12-13)19(25)23-18-16(21)6-5-7-17(18)24-10-3-4-11-24/h5-9,12,22H,2-4,10-11H2,1H3,(H,23,25). The van der Waals surface area contributed by atoms with Crippen LogP contribution in [0.15, 0.2) is 41.3 Å². The Balaban J connectivity index is 1.94. The first-order valence-corrected chi connectivity index (χ1v) is 10.5. The van der Waals surface area contributed by atoms with Crippen LogP contribution in [0.3, 0.4) is 0 Å². The molecule has 2 aromatic carbocycles. The van der Waals surface area contributed by atoms with Crippen molar-refractivity contribution in [2.75, 3.05) is 29.9 Å². The summed E-state index contributed by atoms with van der Waals surface area (Å²) in [4.78, 5) is 14.3. The van der Waals surface area contributed by atoms with Crippen molar-refractivity contribution in [3.63, 3.8) is 0 Å². The number of nitrogens with one attached hydrogen (secondary N) is 2. The lowest BCUT2D eigenvalue weighted by Gasteiger charge is -2.22. The van der Waals surface area contributed by atoms with Crippen molar-refractivity contribution in [2.24, 2.45) is 0 Å². The molecule has 28 heavy (non-hydrogen) atoms. The van der Waals surface area contributed by atoms with Crippen LogP contribution in [0.5, 0.6) is 0 Å². The van der Waals surface area contributed by atoms with E-state index in [1.54, 1.807) is 19.1 Å². The monoisotopic (exact) mass is 409 g/mol. The lowest BCUT2D eigenvalue weighted by molar-refractivity contribution is 0.102. The number of halogens is 2. The number of anilines is 2. The molecule has 0 spiro atoms. The predicted octanol–water partition coefficient (Wildman–Crippen LogP) is 3.12. The first-order chi connectivity index (χ1) is 13.3. The van der Waals surface area contributed by atoms with Crippen molar-refractivity contribution < 1.29 is 22.0 Å². The minimum atomic E-state index is -3.86. The SMILES string of the molecule is CCNS(=O)(=O)c1ccc(F)c(C(=O)Nc2c(F)cccc2N2CCCC2)c1. The quantitative estimate of drug-likeness (QED) is 0.769. The highest BCUT2D eigenvalue weighted by Gasteiger charge is 2.23. The fourth-order valence-electron chi connectivity index (χ4n) is 3.16. The molecule has 1 heterocycles. The van der Waals surface area contributed by atoms with E-state index in [1.807, 2.05) is 4.90 Å². The van der Waals surface area contributed by atoms with Gasteiger partial charge in [0.25, 0.3) is 5.91 Å². The molecule has 2 aromatic rings. The fourth-order valence-corrected chi connectivity index (χ4v) is 4.22. The van der Waals surface area contributed by atoms with E-state index in [2.05, 4.69) is 10.0 Å². The third-order valence-corrected chi connectivity index (χ3v) is 6.05. The van der Waals surface area contributed by atoms with Crippen LogP contribution in [-0.4, -0.2) is 34.0 Å². The van der Waals surface area contributed by atoms with E-state index in [4.69, 9.17) is 0 Å². The zero-order valence-corrected chi connectivity index (χ0v) is 16.2. The average molecular weight is 409 g/mol. The van der Waals surface area contributed by atoms with Gasteiger partial charge >= 0.3 is 0 Å².